The van der Waals surface area contributed by atoms with Gasteiger partial charge in [0, 0.05) is 6.54 Å². The molecule has 2 aliphatic rings. The molecular formula is C20H19F5N4O2. The molecule has 0 unspecified atom stereocenters. The van der Waals surface area contributed by atoms with Crippen molar-refractivity contribution in [2.75, 3.05) is 13.1 Å². The molecule has 0 N–H and O–H groups in total. The second kappa shape index (κ2) is 7.35. The molecule has 1 aromatic carbocycles. The highest BCUT2D eigenvalue weighted by Crippen LogP contribution is 2.43. The van der Waals surface area contributed by atoms with Gasteiger partial charge in [0.1, 0.15) is 5.60 Å². The van der Waals surface area contributed by atoms with E-state index in [1.165, 1.54) is 0 Å². The van der Waals surface area contributed by atoms with Gasteiger partial charge in [-0.3, -0.25) is 4.90 Å². The Balaban J connectivity index is 1.48. The fraction of sp³-hybridized carbons (Fsp3) is 0.550. The lowest BCUT2D eigenvalue weighted by atomic mass is 9.78. The van der Waals surface area contributed by atoms with E-state index < -0.39 is 30.3 Å². The average Bonchev–Trinajstić information content (AvgIpc) is 3.21. The van der Waals surface area contributed by atoms with E-state index in [2.05, 4.69) is 9.83 Å². The van der Waals surface area contributed by atoms with Gasteiger partial charge in [0.25, 0.3) is 0 Å². The smallest absolute Gasteiger partial charge is 0.441 e. The summed E-state index contributed by atoms with van der Waals surface area (Å²) in [6, 6.07) is 5.15. The van der Waals surface area contributed by atoms with E-state index in [-0.39, 0.29) is 12.5 Å². The Morgan fingerprint density at radius 1 is 1.29 bits per heavy atom. The number of rotatable bonds is 4. The van der Waals surface area contributed by atoms with Crippen molar-refractivity contribution in [1.82, 2.24) is 14.5 Å². The Hall–Kier alpha value is -2.90. The Morgan fingerprint density at radius 2 is 2.06 bits per heavy atom. The summed E-state index contributed by atoms with van der Waals surface area (Å²) in [5, 5.41) is 0. The van der Waals surface area contributed by atoms with Gasteiger partial charge < -0.3 is 9.30 Å². The number of nitrogens with zero attached hydrogens (tertiary/aromatic N) is 4. The van der Waals surface area contributed by atoms with Crippen LogP contribution in [0, 0.1) is 12.5 Å². The summed E-state index contributed by atoms with van der Waals surface area (Å²) >= 11 is 0. The number of hydrogen-bond donors (Lipinski definition) is 0. The molecule has 4 rings (SSSR count). The summed E-state index contributed by atoms with van der Waals surface area (Å²) in [6.07, 6.45) is -3.01. The highest BCUT2D eigenvalue weighted by Gasteiger charge is 2.60. The maximum Gasteiger partial charge on any atom is 0.455 e. The van der Waals surface area contributed by atoms with E-state index >= 15 is 0 Å². The molecule has 1 aliphatic heterocycles. The van der Waals surface area contributed by atoms with Crippen LogP contribution in [0.2, 0.25) is 0 Å². The lowest BCUT2D eigenvalue weighted by molar-refractivity contribution is -0.284. The second-order valence-electron chi connectivity index (χ2n) is 8.25. The monoisotopic (exact) mass is 442 g/mol. The number of carbonyl (C=O) groups excluding carboxylic acids is 1. The fourth-order valence-electron chi connectivity index (χ4n) is 4.52. The summed E-state index contributed by atoms with van der Waals surface area (Å²) in [5.41, 5.74) is 0.911. The van der Waals surface area contributed by atoms with Crippen LogP contribution in [-0.2, 0) is 11.3 Å². The van der Waals surface area contributed by atoms with Gasteiger partial charge in [0.2, 0.25) is 0 Å². The maximum absolute atomic E-state index is 13.4. The van der Waals surface area contributed by atoms with Gasteiger partial charge in [-0.15, -0.1) is 0 Å². The van der Waals surface area contributed by atoms with Crippen molar-refractivity contribution in [3.05, 3.63) is 35.9 Å². The van der Waals surface area contributed by atoms with Crippen LogP contribution in [0.4, 0.5) is 32.4 Å². The summed E-state index contributed by atoms with van der Waals surface area (Å²) in [7, 11) is 0. The highest BCUT2D eigenvalue weighted by atomic mass is 19.4. The van der Waals surface area contributed by atoms with Crippen molar-refractivity contribution < 1.29 is 31.5 Å². The van der Waals surface area contributed by atoms with Gasteiger partial charge >= 0.3 is 18.2 Å². The van der Waals surface area contributed by atoms with E-state index in [1.54, 1.807) is 24.5 Å². The number of fused-ring (bicyclic) bond motifs is 1. The molecule has 11 heteroatoms. The number of halogens is 5. The topological polar surface area (TPSA) is 51.7 Å². The van der Waals surface area contributed by atoms with Crippen LogP contribution in [0.25, 0.3) is 15.9 Å². The molecule has 1 amide bonds. The summed E-state index contributed by atoms with van der Waals surface area (Å²) in [5.74, 6) is -4.99. The van der Waals surface area contributed by atoms with Gasteiger partial charge in [0.05, 0.1) is 37.0 Å². The molecule has 1 aliphatic carbocycles. The molecule has 1 saturated heterocycles. The zero-order chi connectivity index (χ0) is 22.4. The summed E-state index contributed by atoms with van der Waals surface area (Å²) in [6.45, 7) is 5.64. The number of alkyl halides is 5. The van der Waals surface area contributed by atoms with Crippen molar-refractivity contribution in [3.63, 3.8) is 0 Å². The fourth-order valence-corrected chi connectivity index (χ4v) is 4.52. The first-order chi connectivity index (χ1) is 14.5. The first kappa shape index (κ1) is 21.3. The zero-order valence-electron chi connectivity index (χ0n) is 16.3. The minimum absolute atomic E-state index is 0.0126. The van der Waals surface area contributed by atoms with Crippen molar-refractivity contribution >= 4 is 22.8 Å². The van der Waals surface area contributed by atoms with Crippen molar-refractivity contribution in [3.8, 4) is 0 Å². The number of carbonyl (C=O) groups is 1. The predicted molar refractivity (Wildman–Crippen MR) is 99.7 cm³/mol. The quantitative estimate of drug-likeness (QED) is 0.485. The molecule has 1 saturated carbocycles. The average molecular weight is 442 g/mol. The molecule has 0 radical (unpaired) electrons. The van der Waals surface area contributed by atoms with Crippen LogP contribution < -0.4 is 0 Å². The molecule has 0 bridgehead atoms. The molecule has 31 heavy (non-hydrogen) atoms. The van der Waals surface area contributed by atoms with Crippen LogP contribution in [0.15, 0.2) is 24.5 Å². The molecule has 2 aromatic rings. The van der Waals surface area contributed by atoms with E-state index in [9.17, 15) is 26.7 Å². The number of imidazole rings is 1. The lowest BCUT2D eigenvalue weighted by Crippen LogP contribution is -2.48. The number of aromatic nitrogens is 2. The molecule has 6 nitrogen and oxygen atoms in total. The standard InChI is InChI=1S/C20H19F5N4O2/c1-26-14-4-5-15-16(7-14)28(12-27-15)9-13-3-2-6-18(8-13)10-29(17(30)31-18)11-19(21,22)20(23,24)25/h4-5,7,12-13H,2-3,6,8-11H2/t13-,18-/m0/s1. The third-order valence-electron chi connectivity index (χ3n) is 5.94. The first-order valence-corrected chi connectivity index (χ1v) is 9.77. The third-order valence-corrected chi connectivity index (χ3v) is 5.94. The number of benzene rings is 1. The van der Waals surface area contributed by atoms with Crippen LogP contribution in [-0.4, -0.2) is 51.3 Å². The molecule has 2 fully saturated rings. The lowest BCUT2D eigenvalue weighted by Gasteiger charge is -2.36. The molecular weight excluding hydrogens is 423 g/mol. The van der Waals surface area contributed by atoms with Gasteiger partial charge in [0.15, 0.2) is 5.69 Å². The second-order valence-corrected chi connectivity index (χ2v) is 8.25. The highest BCUT2D eigenvalue weighted by molar-refractivity contribution is 5.79. The minimum atomic E-state index is -5.73. The Labute approximate surface area is 174 Å². The van der Waals surface area contributed by atoms with Crippen LogP contribution in [0.5, 0.6) is 0 Å². The molecule has 2 atom stereocenters. The van der Waals surface area contributed by atoms with Crippen LogP contribution in [0.3, 0.4) is 0 Å². The van der Waals surface area contributed by atoms with Crippen molar-refractivity contribution in [2.45, 2.75) is 49.9 Å². The Bertz CT molecular complexity index is 1040. The predicted octanol–water partition coefficient (Wildman–Crippen LogP) is 5.17. The zero-order valence-corrected chi connectivity index (χ0v) is 16.3. The molecule has 166 valence electrons. The van der Waals surface area contributed by atoms with Gasteiger partial charge in [-0.1, -0.05) is 6.07 Å². The van der Waals surface area contributed by atoms with E-state index in [1.807, 2.05) is 4.57 Å². The summed E-state index contributed by atoms with van der Waals surface area (Å²) in [4.78, 5) is 20.3. The minimum Gasteiger partial charge on any atom is -0.441 e. The SMILES string of the molecule is [C-]#[N+]c1ccc2ncn(C[C@H]3CCC[C@]4(C3)CN(CC(F)(F)C(F)(F)F)C(=O)O4)c2c1. The van der Waals surface area contributed by atoms with E-state index in [4.69, 9.17) is 11.3 Å². The van der Waals surface area contributed by atoms with Gasteiger partial charge in [-0.25, -0.2) is 14.6 Å². The van der Waals surface area contributed by atoms with Crippen LogP contribution >= 0.6 is 0 Å². The number of amides is 1. The Morgan fingerprint density at radius 3 is 2.77 bits per heavy atom. The molecule has 1 spiro atoms. The summed E-state index contributed by atoms with van der Waals surface area (Å²) < 4.78 is 71.8. The van der Waals surface area contributed by atoms with Crippen LogP contribution in [0.1, 0.15) is 25.7 Å². The van der Waals surface area contributed by atoms with Crippen molar-refractivity contribution in [2.24, 2.45) is 5.92 Å². The number of hydrogen-bond acceptors (Lipinski definition) is 3. The van der Waals surface area contributed by atoms with Gasteiger partial charge in [-0.05, 0) is 43.7 Å². The third kappa shape index (κ3) is 4.03. The molecule has 1 aromatic heterocycles. The van der Waals surface area contributed by atoms with Crippen molar-refractivity contribution in [1.29, 1.82) is 0 Å². The maximum atomic E-state index is 13.4. The number of ether oxygens (including phenoxy) is 1. The Kier molecular flexibility index (Phi) is 5.06. The largest absolute Gasteiger partial charge is 0.455 e. The van der Waals surface area contributed by atoms with E-state index in [0.29, 0.717) is 36.4 Å². The van der Waals surface area contributed by atoms with Gasteiger partial charge in [-0.2, -0.15) is 22.0 Å². The first-order valence-electron chi connectivity index (χ1n) is 9.77. The van der Waals surface area contributed by atoms with E-state index in [0.717, 1.165) is 17.5 Å². The normalized spacial score (nSPS) is 24.6. The molecule has 2 heterocycles.